The molecule has 0 aliphatic carbocycles. The number of halogens is 3. The number of ether oxygens (including phenoxy) is 3. The zero-order valence-corrected chi connectivity index (χ0v) is 43.3. The van der Waals surface area contributed by atoms with Crippen LogP contribution in [0, 0.1) is 11.3 Å². The van der Waals surface area contributed by atoms with Crippen molar-refractivity contribution in [3.8, 4) is 22.5 Å². The van der Waals surface area contributed by atoms with Crippen molar-refractivity contribution in [3.63, 3.8) is 0 Å². The molecule has 1 aromatic carbocycles. The number of amides is 5. The third-order valence-corrected chi connectivity index (χ3v) is 14.8. The van der Waals surface area contributed by atoms with Crippen LogP contribution in [0.2, 0.25) is 0 Å². The number of carbonyl (C=O) groups excluding carboxylic acids is 5. The molecule has 74 heavy (non-hydrogen) atoms. The lowest BCUT2D eigenvalue weighted by molar-refractivity contribution is -0.155. The monoisotopic (exact) mass is 1030 g/mol. The van der Waals surface area contributed by atoms with E-state index < -0.39 is 71.7 Å². The molecular weight excluding hydrogens is 960 g/mol. The fourth-order valence-electron chi connectivity index (χ4n) is 10.9. The number of morpholine rings is 1. The average Bonchev–Trinajstić information content (AvgIpc) is 3.66. The number of hydrogen-bond donors (Lipinski definition) is 2. The van der Waals surface area contributed by atoms with E-state index >= 15 is 0 Å². The molecule has 1 spiro atoms. The minimum Gasteiger partial charge on any atom is -0.464 e. The fraction of sp³-hybridized carbons (Fsp3) is 0.537. The Labute approximate surface area is 429 Å². The van der Waals surface area contributed by atoms with Crippen molar-refractivity contribution in [1.29, 1.82) is 0 Å². The Bertz CT molecular complexity index is 2770. The summed E-state index contributed by atoms with van der Waals surface area (Å²) in [7, 11) is 3.08. The van der Waals surface area contributed by atoms with Crippen molar-refractivity contribution in [3.05, 3.63) is 84.3 Å². The smallest absolute Gasteiger partial charge is 0.406 e. The number of alkyl halides is 3. The molecule has 4 aliphatic rings. The second kappa shape index (κ2) is 21.8. The molecule has 8 rings (SSSR count). The first-order valence-corrected chi connectivity index (χ1v) is 25.4. The Morgan fingerprint density at radius 1 is 1.04 bits per heavy atom. The molecule has 1 unspecified atom stereocenters. The summed E-state index contributed by atoms with van der Waals surface area (Å²) in [6.07, 6.45) is -0.444. The third kappa shape index (κ3) is 11.6. The van der Waals surface area contributed by atoms with Crippen LogP contribution >= 0.6 is 0 Å². The molecule has 0 radical (unpaired) electrons. The van der Waals surface area contributed by atoms with Gasteiger partial charge in [0.05, 0.1) is 48.5 Å². The number of urea groups is 1. The zero-order chi connectivity index (χ0) is 53.3. The zero-order valence-electron chi connectivity index (χ0n) is 43.3. The lowest BCUT2D eigenvalue weighted by atomic mass is 9.84. The van der Waals surface area contributed by atoms with Crippen LogP contribution in [-0.2, 0) is 52.8 Å². The van der Waals surface area contributed by atoms with E-state index in [1.54, 1.807) is 72.4 Å². The molecule has 4 atom stereocenters. The van der Waals surface area contributed by atoms with Crippen LogP contribution in [-0.4, -0.2) is 154 Å². The highest BCUT2D eigenvalue weighted by atomic mass is 19.4. The Kier molecular flexibility index (Phi) is 15.9. The normalized spacial score (nSPS) is 21.2. The molecular formula is C54H68F3N9O8. The molecule has 398 valence electrons. The Morgan fingerprint density at radius 2 is 1.80 bits per heavy atom. The van der Waals surface area contributed by atoms with Crippen LogP contribution < -0.4 is 10.7 Å². The number of methoxy groups -OCH3 is 1. The predicted octanol–water partition coefficient (Wildman–Crippen LogP) is 6.64. The number of likely N-dealkylation sites (tertiary alicyclic amines) is 1. The molecule has 20 heteroatoms. The van der Waals surface area contributed by atoms with Crippen molar-refractivity contribution >= 4 is 40.6 Å². The number of piperidine rings is 1. The fourth-order valence-corrected chi connectivity index (χ4v) is 10.9. The summed E-state index contributed by atoms with van der Waals surface area (Å²) >= 11 is 0. The van der Waals surface area contributed by atoms with Gasteiger partial charge in [-0.15, -0.1) is 0 Å². The maximum absolute atomic E-state index is 14.8. The van der Waals surface area contributed by atoms with Crippen molar-refractivity contribution in [2.24, 2.45) is 11.3 Å². The Morgan fingerprint density at radius 3 is 2.50 bits per heavy atom. The second-order valence-electron chi connectivity index (χ2n) is 21.2. The number of carbonyl (C=O) groups is 5. The first kappa shape index (κ1) is 53.9. The van der Waals surface area contributed by atoms with Gasteiger partial charge in [-0.05, 0) is 93.0 Å². The van der Waals surface area contributed by atoms with Crippen molar-refractivity contribution < 1.29 is 51.4 Å². The van der Waals surface area contributed by atoms with E-state index in [4.69, 9.17) is 19.2 Å². The summed E-state index contributed by atoms with van der Waals surface area (Å²) in [5.41, 5.74) is 5.30. The highest BCUT2D eigenvalue weighted by molar-refractivity contribution is 5.96. The van der Waals surface area contributed by atoms with Gasteiger partial charge in [0.25, 0.3) is 5.91 Å². The number of cyclic esters (lactones) is 1. The van der Waals surface area contributed by atoms with Crippen LogP contribution in [0.15, 0.2) is 67.4 Å². The molecule has 5 amide bonds. The van der Waals surface area contributed by atoms with Crippen LogP contribution in [0.3, 0.4) is 0 Å². The minimum absolute atomic E-state index is 0.0942. The summed E-state index contributed by atoms with van der Waals surface area (Å²) in [4.78, 5) is 84.5. The van der Waals surface area contributed by atoms with Gasteiger partial charge in [-0.2, -0.15) is 13.2 Å². The molecule has 17 nitrogen and oxygen atoms in total. The number of nitrogens with zero attached hydrogens (tertiary/aromatic N) is 7. The van der Waals surface area contributed by atoms with E-state index in [2.05, 4.69) is 22.3 Å². The first-order valence-electron chi connectivity index (χ1n) is 25.4. The second-order valence-corrected chi connectivity index (χ2v) is 21.2. The Hall–Kier alpha value is -6.38. The van der Waals surface area contributed by atoms with Gasteiger partial charge < -0.3 is 38.8 Å². The number of fused-ring (bicyclic) bond motifs is 6. The summed E-state index contributed by atoms with van der Waals surface area (Å²) in [5.74, 6) is -2.28. The van der Waals surface area contributed by atoms with E-state index in [9.17, 15) is 37.1 Å². The SMILES string of the molecule is C=CC(=O)N1CCOC2(CCN(C(=O)N(C)C(C(=O)N[C@H]3Cc4cccc(n4)-c4ccc5c(c4)c(c(-c4cccnc4[C@H](C)OC)n5CC(F)(F)F)CC(C)(C)COC(=O)[C@@H]4CCCN(N4)C3=O)C(C)C)CC2)C1. The number of likely N-dealkylation sites (N-methyl/N-ethyl adjacent to an activating group) is 1. The third-order valence-electron chi connectivity index (χ3n) is 14.8. The van der Waals surface area contributed by atoms with Gasteiger partial charge in [0, 0.05) is 86.1 Å². The number of esters is 1. The molecule has 7 heterocycles. The van der Waals surface area contributed by atoms with Crippen molar-refractivity contribution in [1.82, 2.24) is 45.0 Å². The van der Waals surface area contributed by atoms with Gasteiger partial charge in [-0.1, -0.05) is 46.4 Å². The van der Waals surface area contributed by atoms with E-state index in [1.165, 1.54) is 27.7 Å². The van der Waals surface area contributed by atoms with Gasteiger partial charge in [0.1, 0.15) is 24.7 Å². The summed E-state index contributed by atoms with van der Waals surface area (Å²) < 4.78 is 63.4. The van der Waals surface area contributed by atoms with Gasteiger partial charge in [-0.25, -0.2) is 10.2 Å². The van der Waals surface area contributed by atoms with E-state index in [0.717, 1.165) is 0 Å². The van der Waals surface area contributed by atoms with Crippen molar-refractivity contribution in [2.45, 2.75) is 116 Å². The first-order chi connectivity index (χ1) is 35.1. The lowest BCUT2D eigenvalue weighted by Crippen LogP contribution is -2.63. The largest absolute Gasteiger partial charge is 0.464 e. The highest BCUT2D eigenvalue weighted by Gasteiger charge is 2.44. The average molecular weight is 1030 g/mol. The number of aromatic nitrogens is 3. The van der Waals surface area contributed by atoms with Gasteiger partial charge in [0.15, 0.2) is 0 Å². The van der Waals surface area contributed by atoms with Gasteiger partial charge in [0.2, 0.25) is 11.8 Å². The van der Waals surface area contributed by atoms with Crippen LogP contribution in [0.5, 0.6) is 0 Å². The number of hydrogen-bond acceptors (Lipinski definition) is 11. The van der Waals surface area contributed by atoms with E-state index in [0.29, 0.717) is 109 Å². The number of rotatable bonds is 9. The van der Waals surface area contributed by atoms with Crippen LogP contribution in [0.1, 0.15) is 83.4 Å². The highest BCUT2D eigenvalue weighted by Crippen LogP contribution is 2.43. The molecule has 0 saturated carbocycles. The maximum Gasteiger partial charge on any atom is 0.406 e. The molecule has 4 aliphatic heterocycles. The number of pyridine rings is 2. The number of hydrazine groups is 1. The molecule has 2 N–H and O–H groups in total. The maximum atomic E-state index is 14.8. The minimum atomic E-state index is -4.61. The quantitative estimate of drug-likeness (QED) is 0.136. The summed E-state index contributed by atoms with van der Waals surface area (Å²) in [6, 6.07) is 10.3. The molecule has 6 bridgehead atoms. The van der Waals surface area contributed by atoms with Crippen molar-refractivity contribution in [2.75, 3.05) is 60.1 Å². The van der Waals surface area contributed by atoms with Gasteiger partial charge >= 0.3 is 18.2 Å². The number of nitrogens with one attached hydrogen (secondary N) is 2. The molecule has 3 fully saturated rings. The standard InChI is InChI=1S/C54H68F3N9O8/c1-9-44(67)64-25-26-74-53(30-64)19-23-63(24-20-53)51(71)62(7)46(33(2)3)48(68)60-42-28-36-13-10-15-40(59-36)35-17-18-43-38(27-35)39(29-52(5,6)32-73-50(70)41-16-12-22-66(61-41)49(42)69)47(65(43)31-54(55,56)57)37-14-11-21-58-45(37)34(4)72-8/h9-11,13-15,17-18,21,27,33-34,41-42,46,61H,1,12,16,19-20,22-26,28-32H2,2-8H3,(H,60,68)/t34-,41-,42-,46?/m0/s1. The van der Waals surface area contributed by atoms with Crippen LogP contribution in [0.25, 0.3) is 33.4 Å². The molecule has 4 aromatic rings. The van der Waals surface area contributed by atoms with E-state index in [1.807, 2.05) is 33.8 Å². The lowest BCUT2D eigenvalue weighted by Gasteiger charge is -2.47. The van der Waals surface area contributed by atoms with E-state index in [-0.39, 0.29) is 37.9 Å². The predicted molar refractivity (Wildman–Crippen MR) is 270 cm³/mol. The topological polar surface area (TPSA) is 181 Å². The molecule has 3 saturated heterocycles. The summed E-state index contributed by atoms with van der Waals surface area (Å²) in [5, 5.41) is 4.85. The Balaban J connectivity index is 1.14. The van der Waals surface area contributed by atoms with Crippen LogP contribution in [0.4, 0.5) is 18.0 Å². The number of benzene rings is 1. The molecule has 3 aromatic heterocycles. The van der Waals surface area contributed by atoms with Gasteiger partial charge in [-0.3, -0.25) is 34.2 Å². The summed E-state index contributed by atoms with van der Waals surface area (Å²) in [6.45, 7) is 13.5.